The Morgan fingerprint density at radius 3 is 2.95 bits per heavy atom. The predicted molar refractivity (Wildman–Crippen MR) is 83.6 cm³/mol. The molecule has 0 saturated carbocycles. The first-order valence-electron chi connectivity index (χ1n) is 7.20. The summed E-state index contributed by atoms with van der Waals surface area (Å²) in [6.07, 6.45) is 1.51. The molecular weight excluding hydrogens is 302 g/mol. The molecule has 1 aromatic rings. The van der Waals surface area contributed by atoms with E-state index in [-0.39, 0.29) is 23.6 Å². The number of fused-ring (bicyclic) bond motifs is 1. The number of amides is 3. The predicted octanol–water partition coefficient (Wildman–Crippen LogP) is 1.07. The largest absolute Gasteiger partial charge is 0.369 e. The van der Waals surface area contributed by atoms with Gasteiger partial charge < -0.3 is 16.0 Å². The molecule has 0 aliphatic carbocycles. The van der Waals surface area contributed by atoms with Crippen molar-refractivity contribution in [3.63, 3.8) is 0 Å². The number of carbonyl (C=O) groups excluding carboxylic acids is 3. The highest BCUT2D eigenvalue weighted by molar-refractivity contribution is 8.00. The number of primary amides is 1. The van der Waals surface area contributed by atoms with E-state index in [4.69, 9.17) is 5.73 Å². The van der Waals surface area contributed by atoms with Crippen molar-refractivity contribution in [2.75, 3.05) is 24.2 Å². The van der Waals surface area contributed by atoms with Crippen LogP contribution in [0.5, 0.6) is 0 Å². The molecule has 2 aliphatic rings. The number of hydrogen-bond acceptors (Lipinski definition) is 4. The van der Waals surface area contributed by atoms with Crippen molar-refractivity contribution in [2.45, 2.75) is 17.7 Å². The van der Waals surface area contributed by atoms with Crippen LogP contribution in [0.3, 0.4) is 0 Å². The number of piperidine rings is 1. The van der Waals surface area contributed by atoms with Crippen molar-refractivity contribution in [1.29, 1.82) is 0 Å². The van der Waals surface area contributed by atoms with E-state index in [1.807, 2.05) is 6.07 Å². The molecule has 2 aliphatic heterocycles. The summed E-state index contributed by atoms with van der Waals surface area (Å²) in [6.45, 7) is 0.993. The van der Waals surface area contributed by atoms with E-state index in [1.54, 1.807) is 17.0 Å². The van der Waals surface area contributed by atoms with E-state index in [2.05, 4.69) is 5.32 Å². The summed E-state index contributed by atoms with van der Waals surface area (Å²) in [5.74, 6) is -0.420. The van der Waals surface area contributed by atoms with Gasteiger partial charge in [0.25, 0.3) is 5.91 Å². The van der Waals surface area contributed by atoms with Crippen LogP contribution in [0.25, 0.3) is 0 Å². The molecule has 0 aromatic heterocycles. The zero-order chi connectivity index (χ0) is 15.7. The molecule has 7 heteroatoms. The second-order valence-corrected chi connectivity index (χ2v) is 6.56. The van der Waals surface area contributed by atoms with Crippen LogP contribution in [0, 0.1) is 5.92 Å². The summed E-state index contributed by atoms with van der Waals surface area (Å²) in [6, 6.07) is 5.32. The van der Waals surface area contributed by atoms with Gasteiger partial charge in [-0.3, -0.25) is 14.4 Å². The Morgan fingerprint density at radius 1 is 1.36 bits per heavy atom. The molecule has 2 heterocycles. The molecule has 0 bridgehead atoms. The summed E-state index contributed by atoms with van der Waals surface area (Å²) in [4.78, 5) is 38.0. The van der Waals surface area contributed by atoms with Gasteiger partial charge in [-0.15, -0.1) is 11.8 Å². The SMILES string of the molecule is NC(=O)[C@@H]1CCCN(C(=O)c2ccc3c(c2)NC(=O)CS3)C1. The molecule has 22 heavy (non-hydrogen) atoms. The maximum atomic E-state index is 12.6. The van der Waals surface area contributed by atoms with Crippen LogP contribution >= 0.6 is 11.8 Å². The van der Waals surface area contributed by atoms with Gasteiger partial charge in [0.15, 0.2) is 0 Å². The topological polar surface area (TPSA) is 92.5 Å². The number of nitrogens with two attached hydrogens (primary N) is 1. The molecule has 3 amide bonds. The monoisotopic (exact) mass is 319 g/mol. The zero-order valence-electron chi connectivity index (χ0n) is 12.0. The molecular formula is C15H17N3O3S. The first kappa shape index (κ1) is 14.9. The normalized spacial score (nSPS) is 21.0. The average Bonchev–Trinajstić information content (AvgIpc) is 2.53. The molecule has 1 saturated heterocycles. The minimum Gasteiger partial charge on any atom is -0.369 e. The lowest BCUT2D eigenvalue weighted by Crippen LogP contribution is -2.44. The fraction of sp³-hybridized carbons (Fsp3) is 0.400. The quantitative estimate of drug-likeness (QED) is 0.853. The average molecular weight is 319 g/mol. The Bertz CT molecular complexity index is 647. The maximum absolute atomic E-state index is 12.6. The number of likely N-dealkylation sites (tertiary alicyclic amines) is 1. The number of carbonyl (C=O) groups is 3. The van der Waals surface area contributed by atoms with Gasteiger partial charge in [0, 0.05) is 23.5 Å². The van der Waals surface area contributed by atoms with Gasteiger partial charge in [-0.05, 0) is 31.0 Å². The van der Waals surface area contributed by atoms with Crippen LogP contribution in [-0.2, 0) is 9.59 Å². The number of benzene rings is 1. The van der Waals surface area contributed by atoms with Gasteiger partial charge in [-0.2, -0.15) is 0 Å². The van der Waals surface area contributed by atoms with Gasteiger partial charge in [0.1, 0.15) is 0 Å². The lowest BCUT2D eigenvalue weighted by atomic mass is 9.97. The fourth-order valence-electron chi connectivity index (χ4n) is 2.79. The lowest BCUT2D eigenvalue weighted by molar-refractivity contribution is -0.123. The van der Waals surface area contributed by atoms with E-state index in [9.17, 15) is 14.4 Å². The molecule has 3 N–H and O–H groups in total. The zero-order valence-corrected chi connectivity index (χ0v) is 12.8. The summed E-state index contributed by atoms with van der Waals surface area (Å²) in [7, 11) is 0. The van der Waals surface area contributed by atoms with E-state index in [0.717, 1.165) is 17.7 Å². The highest BCUT2D eigenvalue weighted by Gasteiger charge is 2.28. The molecule has 116 valence electrons. The number of nitrogens with one attached hydrogen (secondary N) is 1. The van der Waals surface area contributed by atoms with Crippen LogP contribution in [0.2, 0.25) is 0 Å². The van der Waals surface area contributed by atoms with E-state index in [1.165, 1.54) is 11.8 Å². The van der Waals surface area contributed by atoms with Crippen molar-refractivity contribution in [3.05, 3.63) is 23.8 Å². The van der Waals surface area contributed by atoms with Crippen LogP contribution in [-0.4, -0.2) is 41.5 Å². The van der Waals surface area contributed by atoms with E-state index in [0.29, 0.717) is 30.1 Å². The first-order valence-corrected chi connectivity index (χ1v) is 8.18. The Labute approximate surface area is 132 Å². The molecule has 3 rings (SSSR count). The van der Waals surface area contributed by atoms with Gasteiger partial charge >= 0.3 is 0 Å². The number of nitrogens with zero attached hydrogens (tertiary/aromatic N) is 1. The van der Waals surface area contributed by atoms with Crippen LogP contribution in [0.15, 0.2) is 23.1 Å². The summed E-state index contributed by atoms with van der Waals surface area (Å²) >= 11 is 1.46. The van der Waals surface area contributed by atoms with Crippen molar-refractivity contribution < 1.29 is 14.4 Å². The van der Waals surface area contributed by atoms with Gasteiger partial charge in [-0.25, -0.2) is 0 Å². The van der Waals surface area contributed by atoms with E-state index < -0.39 is 0 Å². The van der Waals surface area contributed by atoms with Crippen molar-refractivity contribution >= 4 is 35.2 Å². The standard InChI is InChI=1S/C15H17N3O3S/c16-14(20)10-2-1-5-18(7-10)15(21)9-3-4-12-11(6-9)17-13(19)8-22-12/h3-4,6,10H,1-2,5,7-8H2,(H2,16,20)(H,17,19)/t10-/m1/s1. The Kier molecular flexibility index (Phi) is 4.06. The Morgan fingerprint density at radius 2 is 2.18 bits per heavy atom. The number of rotatable bonds is 2. The van der Waals surface area contributed by atoms with Crippen LogP contribution in [0.4, 0.5) is 5.69 Å². The second kappa shape index (κ2) is 6.00. The molecule has 1 atom stereocenters. The Hall–Kier alpha value is -2.02. The van der Waals surface area contributed by atoms with Gasteiger partial charge in [0.05, 0.1) is 17.4 Å². The van der Waals surface area contributed by atoms with Gasteiger partial charge in [0.2, 0.25) is 11.8 Å². The lowest BCUT2D eigenvalue weighted by Gasteiger charge is -2.31. The molecule has 1 fully saturated rings. The molecule has 6 nitrogen and oxygen atoms in total. The second-order valence-electron chi connectivity index (χ2n) is 5.54. The van der Waals surface area contributed by atoms with Crippen molar-refractivity contribution in [2.24, 2.45) is 11.7 Å². The third-order valence-electron chi connectivity index (χ3n) is 3.97. The molecule has 0 radical (unpaired) electrons. The summed E-state index contributed by atoms with van der Waals surface area (Å²) in [5.41, 5.74) is 6.54. The van der Waals surface area contributed by atoms with Crippen LogP contribution < -0.4 is 11.1 Å². The molecule has 0 unspecified atom stereocenters. The first-order chi connectivity index (χ1) is 10.5. The van der Waals surface area contributed by atoms with Crippen molar-refractivity contribution in [1.82, 2.24) is 4.90 Å². The highest BCUT2D eigenvalue weighted by atomic mass is 32.2. The molecule has 0 spiro atoms. The third-order valence-corrected chi connectivity index (χ3v) is 5.04. The molecule has 1 aromatic carbocycles. The summed E-state index contributed by atoms with van der Waals surface area (Å²) in [5, 5.41) is 2.78. The fourth-order valence-corrected chi connectivity index (χ4v) is 3.58. The third kappa shape index (κ3) is 2.94. The highest BCUT2D eigenvalue weighted by Crippen LogP contribution is 2.32. The van der Waals surface area contributed by atoms with E-state index >= 15 is 0 Å². The number of hydrogen-bond donors (Lipinski definition) is 2. The maximum Gasteiger partial charge on any atom is 0.253 e. The van der Waals surface area contributed by atoms with Crippen LogP contribution in [0.1, 0.15) is 23.2 Å². The minimum atomic E-state index is -0.355. The number of anilines is 1. The smallest absolute Gasteiger partial charge is 0.253 e. The minimum absolute atomic E-state index is 0.0612. The van der Waals surface area contributed by atoms with Crippen molar-refractivity contribution in [3.8, 4) is 0 Å². The Balaban J connectivity index is 1.79. The summed E-state index contributed by atoms with van der Waals surface area (Å²) < 4.78 is 0. The van der Waals surface area contributed by atoms with Gasteiger partial charge in [-0.1, -0.05) is 0 Å². The number of thioether (sulfide) groups is 1.